The fraction of sp³-hybridized carbons (Fsp3) is 0.250. The second kappa shape index (κ2) is 3.74. The standard InChI is InChI=1S/C8H8BrO2/c9-7-1-2-8(11)6(5-7)3-4-10/h1-2,5,10H,3-4H2. The highest BCUT2D eigenvalue weighted by Gasteiger charge is 2.01. The van der Waals surface area contributed by atoms with E-state index in [-0.39, 0.29) is 12.4 Å². The third kappa shape index (κ3) is 2.20. The lowest BCUT2D eigenvalue weighted by atomic mass is 10.1. The maximum Gasteiger partial charge on any atom is 0.181 e. The Balaban J connectivity index is 2.93. The first kappa shape index (κ1) is 8.56. The van der Waals surface area contributed by atoms with Gasteiger partial charge in [0.2, 0.25) is 0 Å². The predicted molar refractivity (Wildman–Crippen MR) is 45.1 cm³/mol. The largest absolute Gasteiger partial charge is 0.396 e. The molecule has 0 spiro atoms. The molecule has 0 amide bonds. The summed E-state index contributed by atoms with van der Waals surface area (Å²) in [7, 11) is 0. The Morgan fingerprint density at radius 3 is 2.82 bits per heavy atom. The molecule has 0 bridgehead atoms. The molecule has 1 aromatic carbocycles. The lowest BCUT2D eigenvalue weighted by Crippen LogP contribution is -1.90. The number of hydrogen-bond acceptors (Lipinski definition) is 1. The molecule has 0 saturated carbocycles. The van der Waals surface area contributed by atoms with Crippen LogP contribution in [0.25, 0.3) is 0 Å². The minimum Gasteiger partial charge on any atom is -0.396 e. The first-order chi connectivity index (χ1) is 5.24. The molecular formula is C8H8BrO2. The van der Waals surface area contributed by atoms with Crippen molar-refractivity contribution in [2.75, 3.05) is 6.61 Å². The number of aliphatic hydroxyl groups is 1. The van der Waals surface area contributed by atoms with Crippen molar-refractivity contribution >= 4 is 15.9 Å². The Labute approximate surface area is 73.6 Å². The molecule has 0 aliphatic carbocycles. The van der Waals surface area contributed by atoms with Crippen molar-refractivity contribution in [1.29, 1.82) is 0 Å². The van der Waals surface area contributed by atoms with Crippen molar-refractivity contribution in [3.05, 3.63) is 28.2 Å². The maximum absolute atomic E-state index is 11.0. The van der Waals surface area contributed by atoms with E-state index in [0.29, 0.717) is 12.0 Å². The highest BCUT2D eigenvalue weighted by molar-refractivity contribution is 9.10. The van der Waals surface area contributed by atoms with Crippen molar-refractivity contribution in [3.8, 4) is 5.75 Å². The molecule has 0 heterocycles. The molecule has 0 aliphatic heterocycles. The van der Waals surface area contributed by atoms with Gasteiger partial charge in [0.15, 0.2) is 5.75 Å². The lowest BCUT2D eigenvalue weighted by molar-refractivity contribution is 0.292. The highest BCUT2D eigenvalue weighted by Crippen LogP contribution is 2.22. The van der Waals surface area contributed by atoms with Crippen molar-refractivity contribution in [2.24, 2.45) is 0 Å². The lowest BCUT2D eigenvalue weighted by Gasteiger charge is -1.99. The van der Waals surface area contributed by atoms with Crippen LogP contribution in [0.4, 0.5) is 0 Å². The fourth-order valence-corrected chi connectivity index (χ4v) is 1.27. The van der Waals surface area contributed by atoms with Crippen LogP contribution < -0.4 is 0 Å². The molecule has 0 unspecified atom stereocenters. The molecular weight excluding hydrogens is 208 g/mol. The SMILES string of the molecule is [O]c1ccc(Br)cc1CCO. The van der Waals surface area contributed by atoms with Gasteiger partial charge in [-0.05, 0) is 24.6 Å². The molecule has 1 rings (SSSR count). The topological polar surface area (TPSA) is 40.1 Å². The minimum atomic E-state index is -0.0118. The van der Waals surface area contributed by atoms with Crippen molar-refractivity contribution in [1.82, 2.24) is 0 Å². The summed E-state index contributed by atoms with van der Waals surface area (Å²) in [6, 6.07) is 4.93. The fourth-order valence-electron chi connectivity index (χ4n) is 0.864. The summed E-state index contributed by atoms with van der Waals surface area (Å²) >= 11 is 3.25. The average Bonchev–Trinajstić information content (AvgIpc) is 1.98. The van der Waals surface area contributed by atoms with Crippen LogP contribution in [0.1, 0.15) is 5.56 Å². The van der Waals surface area contributed by atoms with Crippen molar-refractivity contribution < 1.29 is 10.2 Å². The van der Waals surface area contributed by atoms with Gasteiger partial charge >= 0.3 is 0 Å². The zero-order chi connectivity index (χ0) is 8.27. The quantitative estimate of drug-likeness (QED) is 0.807. The zero-order valence-corrected chi connectivity index (χ0v) is 7.47. The summed E-state index contributed by atoms with van der Waals surface area (Å²) in [4.78, 5) is 0. The third-order valence-electron chi connectivity index (χ3n) is 1.40. The van der Waals surface area contributed by atoms with Crippen molar-refractivity contribution in [3.63, 3.8) is 0 Å². The first-order valence-corrected chi connectivity index (χ1v) is 4.09. The van der Waals surface area contributed by atoms with Gasteiger partial charge in [-0.3, -0.25) is 5.11 Å². The first-order valence-electron chi connectivity index (χ1n) is 3.30. The number of aliphatic hydroxyl groups excluding tert-OH is 1. The molecule has 1 N–H and O–H groups in total. The molecule has 1 aromatic rings. The average molecular weight is 216 g/mol. The number of rotatable bonds is 2. The van der Waals surface area contributed by atoms with Gasteiger partial charge in [-0.15, -0.1) is 0 Å². The van der Waals surface area contributed by atoms with E-state index in [1.807, 2.05) is 0 Å². The Kier molecular flexibility index (Phi) is 2.91. The van der Waals surface area contributed by atoms with E-state index in [2.05, 4.69) is 15.9 Å². The Bertz CT molecular complexity index is 248. The van der Waals surface area contributed by atoms with Gasteiger partial charge in [0, 0.05) is 16.6 Å². The van der Waals surface area contributed by atoms with Crippen LogP contribution >= 0.6 is 15.9 Å². The van der Waals surface area contributed by atoms with Crippen LogP contribution in [-0.4, -0.2) is 11.7 Å². The Morgan fingerprint density at radius 2 is 2.18 bits per heavy atom. The van der Waals surface area contributed by atoms with Crippen LogP contribution in [0, 0.1) is 0 Å². The van der Waals surface area contributed by atoms with Gasteiger partial charge in [-0.1, -0.05) is 15.9 Å². The molecule has 1 radical (unpaired) electrons. The van der Waals surface area contributed by atoms with E-state index in [4.69, 9.17) is 5.11 Å². The van der Waals surface area contributed by atoms with E-state index >= 15 is 0 Å². The van der Waals surface area contributed by atoms with E-state index in [0.717, 1.165) is 4.47 Å². The predicted octanol–water partition coefficient (Wildman–Crippen LogP) is 2.13. The molecule has 0 fully saturated rings. The Hall–Kier alpha value is -0.540. The van der Waals surface area contributed by atoms with Gasteiger partial charge in [-0.25, -0.2) is 0 Å². The molecule has 3 heteroatoms. The van der Waals surface area contributed by atoms with E-state index in [1.165, 1.54) is 6.07 Å². The molecule has 2 nitrogen and oxygen atoms in total. The van der Waals surface area contributed by atoms with Crippen LogP contribution in [0.5, 0.6) is 5.75 Å². The molecule has 0 atom stereocenters. The summed E-state index contributed by atoms with van der Waals surface area (Å²) in [5, 5.41) is 19.6. The summed E-state index contributed by atoms with van der Waals surface area (Å²) in [6.45, 7) is 0.0195. The van der Waals surface area contributed by atoms with Gasteiger partial charge in [-0.2, -0.15) is 0 Å². The molecule has 0 aliphatic rings. The molecule has 0 aromatic heterocycles. The van der Waals surface area contributed by atoms with Gasteiger partial charge in [0.1, 0.15) is 0 Å². The maximum atomic E-state index is 11.0. The summed E-state index contributed by atoms with van der Waals surface area (Å²) in [5.41, 5.74) is 0.655. The number of benzene rings is 1. The number of hydrogen-bond donors (Lipinski definition) is 1. The molecule has 11 heavy (non-hydrogen) atoms. The van der Waals surface area contributed by atoms with Crippen LogP contribution in [0.15, 0.2) is 22.7 Å². The monoisotopic (exact) mass is 215 g/mol. The summed E-state index contributed by atoms with van der Waals surface area (Å²) in [5.74, 6) is -0.0118. The van der Waals surface area contributed by atoms with Gasteiger partial charge < -0.3 is 5.11 Å². The van der Waals surface area contributed by atoms with Crippen LogP contribution in [0.2, 0.25) is 0 Å². The van der Waals surface area contributed by atoms with Gasteiger partial charge in [0.25, 0.3) is 0 Å². The second-order valence-corrected chi connectivity index (χ2v) is 3.14. The minimum absolute atomic E-state index is 0.0118. The third-order valence-corrected chi connectivity index (χ3v) is 1.90. The van der Waals surface area contributed by atoms with Crippen LogP contribution in [-0.2, 0) is 11.5 Å². The number of halogens is 1. The highest BCUT2D eigenvalue weighted by atomic mass is 79.9. The summed E-state index contributed by atoms with van der Waals surface area (Å²) in [6.07, 6.45) is 0.429. The van der Waals surface area contributed by atoms with E-state index in [9.17, 15) is 5.11 Å². The van der Waals surface area contributed by atoms with E-state index < -0.39 is 0 Å². The molecule has 59 valence electrons. The Morgan fingerprint density at radius 1 is 1.45 bits per heavy atom. The smallest absolute Gasteiger partial charge is 0.181 e. The normalized spacial score (nSPS) is 10.0. The van der Waals surface area contributed by atoms with Gasteiger partial charge in [0.05, 0.1) is 0 Å². The van der Waals surface area contributed by atoms with Crippen molar-refractivity contribution in [2.45, 2.75) is 6.42 Å². The zero-order valence-electron chi connectivity index (χ0n) is 5.88. The molecule has 0 saturated heterocycles. The summed E-state index contributed by atoms with van der Waals surface area (Å²) < 4.78 is 0.876. The second-order valence-electron chi connectivity index (χ2n) is 2.23. The van der Waals surface area contributed by atoms with Crippen LogP contribution in [0.3, 0.4) is 0 Å². The van der Waals surface area contributed by atoms with E-state index in [1.54, 1.807) is 12.1 Å².